The number of likely N-dealkylation sites (tertiary alicyclic amines) is 2. The number of esters is 2. The predicted molar refractivity (Wildman–Crippen MR) is 77.8 cm³/mol. The van der Waals surface area contributed by atoms with Gasteiger partial charge < -0.3 is 14.4 Å². The highest BCUT2D eigenvalue weighted by Crippen LogP contribution is 2.23. The predicted octanol–water partition coefficient (Wildman–Crippen LogP) is 0.509. The topological polar surface area (TPSA) is 59.1 Å². The van der Waals surface area contributed by atoms with Crippen LogP contribution in [0.15, 0.2) is 0 Å². The van der Waals surface area contributed by atoms with Crippen molar-refractivity contribution >= 4 is 11.9 Å². The third-order valence-corrected chi connectivity index (χ3v) is 4.52. The summed E-state index contributed by atoms with van der Waals surface area (Å²) in [5.41, 5.74) is 0. The maximum atomic E-state index is 12.2. The number of methoxy groups -OCH3 is 2. The minimum Gasteiger partial charge on any atom is -0.469 e. The van der Waals surface area contributed by atoms with E-state index in [2.05, 4.69) is 9.80 Å². The van der Waals surface area contributed by atoms with Crippen molar-refractivity contribution in [2.45, 2.75) is 31.7 Å². The van der Waals surface area contributed by atoms with Crippen molar-refractivity contribution in [3.8, 4) is 0 Å². The molecule has 21 heavy (non-hydrogen) atoms. The van der Waals surface area contributed by atoms with Crippen LogP contribution in [0.1, 0.15) is 25.7 Å². The zero-order valence-electron chi connectivity index (χ0n) is 13.0. The minimum absolute atomic E-state index is 0.316. The lowest BCUT2D eigenvalue weighted by molar-refractivity contribution is -0.159. The Hall–Kier alpha value is -1.14. The largest absolute Gasteiger partial charge is 0.469 e. The van der Waals surface area contributed by atoms with E-state index in [-0.39, 0.29) is 11.9 Å². The first-order valence-corrected chi connectivity index (χ1v) is 7.79. The van der Waals surface area contributed by atoms with Crippen molar-refractivity contribution in [3.63, 3.8) is 0 Å². The molecule has 2 rings (SSSR count). The molecule has 0 aliphatic carbocycles. The third kappa shape index (κ3) is 3.95. The summed E-state index contributed by atoms with van der Waals surface area (Å²) in [6.07, 6.45) is 4.43. The fraction of sp³-hybridized carbons (Fsp3) is 0.867. The second kappa shape index (κ2) is 7.75. The van der Waals surface area contributed by atoms with E-state index in [1.165, 1.54) is 14.2 Å². The highest BCUT2D eigenvalue weighted by Gasteiger charge is 2.41. The van der Waals surface area contributed by atoms with E-state index >= 15 is 0 Å². The molecule has 0 aromatic rings. The van der Waals surface area contributed by atoms with E-state index in [0.717, 1.165) is 51.9 Å². The summed E-state index contributed by atoms with van der Waals surface area (Å²) >= 11 is 0. The molecule has 120 valence electrons. The van der Waals surface area contributed by atoms with Gasteiger partial charge in [0.05, 0.1) is 20.1 Å². The molecule has 0 spiro atoms. The minimum atomic E-state index is -0.523. The Morgan fingerprint density at radius 3 is 1.95 bits per heavy atom. The summed E-state index contributed by atoms with van der Waals surface area (Å²) in [6.45, 7) is 4.23. The normalized spacial score (nSPS) is 23.0. The molecule has 0 saturated carbocycles. The Balaban J connectivity index is 2.15. The fourth-order valence-electron chi connectivity index (χ4n) is 3.41. The molecule has 0 amide bonds. The maximum absolute atomic E-state index is 12.2. The molecule has 2 unspecified atom stereocenters. The van der Waals surface area contributed by atoms with Gasteiger partial charge in [0, 0.05) is 6.54 Å². The standard InChI is InChI=1S/C15H26N2O4/c1-20-14(18)12(11-16-7-3-4-8-16)13(15(19)21-2)17-9-5-6-10-17/h12-13H,3-11H2,1-2H3. The SMILES string of the molecule is COC(=O)C(CN1CCCC1)C(C(=O)OC)N1CCCC1. The molecule has 2 saturated heterocycles. The van der Waals surface area contributed by atoms with Crippen LogP contribution in [0.5, 0.6) is 0 Å². The molecule has 2 atom stereocenters. The molecule has 2 aliphatic rings. The average Bonchev–Trinajstić information content (AvgIpc) is 3.18. The Labute approximate surface area is 126 Å². The Bertz CT molecular complexity index is 363. The van der Waals surface area contributed by atoms with E-state index in [1.807, 2.05) is 0 Å². The molecule has 2 fully saturated rings. The van der Waals surface area contributed by atoms with E-state index < -0.39 is 12.0 Å². The van der Waals surface area contributed by atoms with Crippen LogP contribution in [0.4, 0.5) is 0 Å². The van der Waals surface area contributed by atoms with Crippen LogP contribution < -0.4 is 0 Å². The third-order valence-electron chi connectivity index (χ3n) is 4.52. The monoisotopic (exact) mass is 298 g/mol. The molecule has 0 bridgehead atoms. The van der Waals surface area contributed by atoms with Gasteiger partial charge in [0.15, 0.2) is 0 Å². The maximum Gasteiger partial charge on any atom is 0.324 e. The fourth-order valence-corrected chi connectivity index (χ4v) is 3.41. The number of ether oxygens (including phenoxy) is 2. The number of nitrogens with zero attached hydrogens (tertiary/aromatic N) is 2. The number of carbonyl (C=O) groups excluding carboxylic acids is 2. The number of rotatable bonds is 6. The van der Waals surface area contributed by atoms with Gasteiger partial charge in [0.2, 0.25) is 0 Å². The molecule has 6 nitrogen and oxygen atoms in total. The Morgan fingerprint density at radius 2 is 1.43 bits per heavy atom. The van der Waals surface area contributed by atoms with Crippen molar-refractivity contribution in [2.75, 3.05) is 46.9 Å². The van der Waals surface area contributed by atoms with Gasteiger partial charge in [-0.3, -0.25) is 14.5 Å². The van der Waals surface area contributed by atoms with Gasteiger partial charge in [0.25, 0.3) is 0 Å². The highest BCUT2D eigenvalue weighted by atomic mass is 16.5. The van der Waals surface area contributed by atoms with E-state index in [9.17, 15) is 9.59 Å². The first-order valence-electron chi connectivity index (χ1n) is 7.79. The molecule has 0 radical (unpaired) electrons. The molecule has 0 N–H and O–H groups in total. The van der Waals surface area contributed by atoms with Gasteiger partial charge in [-0.15, -0.1) is 0 Å². The number of hydrogen-bond acceptors (Lipinski definition) is 6. The lowest BCUT2D eigenvalue weighted by Gasteiger charge is -2.32. The van der Waals surface area contributed by atoms with Crippen LogP contribution in [-0.4, -0.2) is 74.7 Å². The second-order valence-electron chi connectivity index (χ2n) is 5.85. The van der Waals surface area contributed by atoms with Crippen molar-refractivity contribution in [3.05, 3.63) is 0 Å². The summed E-state index contributed by atoms with van der Waals surface area (Å²) in [5.74, 6) is -1.12. The van der Waals surface area contributed by atoms with Gasteiger partial charge in [-0.05, 0) is 51.9 Å². The van der Waals surface area contributed by atoms with Crippen molar-refractivity contribution in [1.29, 1.82) is 0 Å². The molecule has 6 heteroatoms. The summed E-state index contributed by atoms with van der Waals surface area (Å²) < 4.78 is 9.92. The smallest absolute Gasteiger partial charge is 0.324 e. The van der Waals surface area contributed by atoms with E-state index in [1.54, 1.807) is 0 Å². The average molecular weight is 298 g/mol. The molecule has 2 heterocycles. The molecular weight excluding hydrogens is 272 g/mol. The molecular formula is C15H26N2O4. The zero-order valence-corrected chi connectivity index (χ0v) is 13.0. The summed E-state index contributed by atoms with van der Waals surface area (Å²) in [5, 5.41) is 0. The van der Waals surface area contributed by atoms with Gasteiger partial charge in [-0.2, -0.15) is 0 Å². The van der Waals surface area contributed by atoms with Crippen molar-refractivity contribution < 1.29 is 19.1 Å². The molecule has 2 aliphatic heterocycles. The van der Waals surface area contributed by atoms with E-state index in [0.29, 0.717) is 6.54 Å². The lowest BCUT2D eigenvalue weighted by atomic mass is 9.97. The van der Waals surface area contributed by atoms with Crippen LogP contribution in [0, 0.1) is 5.92 Å². The number of carbonyl (C=O) groups is 2. The lowest BCUT2D eigenvalue weighted by Crippen LogP contribution is -2.52. The Morgan fingerprint density at radius 1 is 0.905 bits per heavy atom. The van der Waals surface area contributed by atoms with E-state index in [4.69, 9.17) is 9.47 Å². The van der Waals surface area contributed by atoms with Crippen LogP contribution in [0.25, 0.3) is 0 Å². The molecule has 0 aromatic heterocycles. The first-order chi connectivity index (χ1) is 10.2. The zero-order chi connectivity index (χ0) is 15.2. The second-order valence-corrected chi connectivity index (χ2v) is 5.85. The Kier molecular flexibility index (Phi) is 5.99. The highest BCUT2D eigenvalue weighted by molar-refractivity contribution is 5.84. The van der Waals surface area contributed by atoms with Crippen LogP contribution in [0.2, 0.25) is 0 Å². The van der Waals surface area contributed by atoms with Crippen LogP contribution in [0.3, 0.4) is 0 Å². The summed E-state index contributed by atoms with van der Waals surface area (Å²) in [7, 11) is 2.77. The molecule has 0 aromatic carbocycles. The van der Waals surface area contributed by atoms with Crippen LogP contribution >= 0.6 is 0 Å². The van der Waals surface area contributed by atoms with Gasteiger partial charge in [-0.1, -0.05) is 0 Å². The quantitative estimate of drug-likeness (QED) is 0.666. The van der Waals surface area contributed by atoms with Gasteiger partial charge in [0.1, 0.15) is 6.04 Å². The van der Waals surface area contributed by atoms with Crippen LogP contribution in [-0.2, 0) is 19.1 Å². The summed E-state index contributed by atoms with van der Waals surface area (Å²) in [4.78, 5) is 28.8. The van der Waals surface area contributed by atoms with Crippen molar-refractivity contribution in [2.24, 2.45) is 5.92 Å². The van der Waals surface area contributed by atoms with Gasteiger partial charge >= 0.3 is 11.9 Å². The summed E-state index contributed by atoms with van der Waals surface area (Å²) in [6, 6.07) is -0.523. The number of hydrogen-bond donors (Lipinski definition) is 0. The first kappa shape index (κ1) is 16.2. The van der Waals surface area contributed by atoms with Crippen molar-refractivity contribution in [1.82, 2.24) is 9.80 Å². The van der Waals surface area contributed by atoms with Gasteiger partial charge in [-0.25, -0.2) is 0 Å².